The normalized spacial score (nSPS) is 21.0. The molecule has 7 nitrogen and oxygen atoms in total. The van der Waals surface area contributed by atoms with Crippen LogP contribution in [0.25, 0.3) is 10.9 Å². The van der Waals surface area contributed by atoms with Crippen molar-refractivity contribution in [1.29, 1.82) is 0 Å². The quantitative estimate of drug-likeness (QED) is 0.411. The van der Waals surface area contributed by atoms with E-state index in [2.05, 4.69) is 15.2 Å². The molecule has 3 aromatic rings. The number of aliphatic hydroxyl groups excluding tert-OH is 1. The van der Waals surface area contributed by atoms with Crippen molar-refractivity contribution in [3.8, 4) is 0 Å². The van der Waals surface area contributed by atoms with Crippen LogP contribution in [0.1, 0.15) is 36.1 Å². The smallest absolute Gasteiger partial charge is 0.228 e. The molecule has 0 amide bonds. The predicted octanol–water partition coefficient (Wildman–Crippen LogP) is 3.88. The molecule has 0 unspecified atom stereocenters. The minimum atomic E-state index is -1.12. The van der Waals surface area contributed by atoms with Gasteiger partial charge in [0.15, 0.2) is 5.82 Å². The maximum atomic E-state index is 12.7. The molecule has 0 saturated heterocycles. The number of aromatic nitrogens is 3. The van der Waals surface area contributed by atoms with Gasteiger partial charge in [0.25, 0.3) is 0 Å². The zero-order chi connectivity index (χ0) is 22.7. The van der Waals surface area contributed by atoms with E-state index in [9.17, 15) is 9.66 Å². The first-order chi connectivity index (χ1) is 16.0. The Balaban J connectivity index is 1.38. The van der Waals surface area contributed by atoms with Gasteiger partial charge in [-0.1, -0.05) is 29.3 Å². The van der Waals surface area contributed by atoms with Gasteiger partial charge in [0, 0.05) is 35.5 Å². The third-order valence-electron chi connectivity index (χ3n) is 7.05. The monoisotopic (exact) mass is 503 g/mol. The Labute approximate surface area is 204 Å². The van der Waals surface area contributed by atoms with Crippen LogP contribution in [0.3, 0.4) is 0 Å². The van der Waals surface area contributed by atoms with Crippen LogP contribution in [-0.4, -0.2) is 49.1 Å². The van der Waals surface area contributed by atoms with Crippen LogP contribution in [0.5, 0.6) is 0 Å². The minimum Gasteiger partial charge on any atom is -0.611 e. The molecule has 2 aromatic heterocycles. The zero-order valence-electron chi connectivity index (χ0n) is 17.9. The van der Waals surface area contributed by atoms with E-state index in [1.165, 1.54) is 5.56 Å². The number of fused-ring (bicyclic) bond motifs is 4. The molecule has 0 bridgehead atoms. The fraction of sp³-hybridized carbons (Fsp3) is 0.435. The highest BCUT2D eigenvalue weighted by Gasteiger charge is 2.41. The van der Waals surface area contributed by atoms with Gasteiger partial charge in [-0.25, -0.2) is 9.97 Å². The Hall–Kier alpha value is -1.84. The highest BCUT2D eigenvalue weighted by molar-refractivity contribution is 7.91. The third-order valence-corrected chi connectivity index (χ3v) is 9.06. The maximum Gasteiger partial charge on any atom is 0.228 e. The molecule has 1 saturated carbocycles. The van der Waals surface area contributed by atoms with Crippen LogP contribution < -0.4 is 10.2 Å². The molecule has 33 heavy (non-hydrogen) atoms. The van der Waals surface area contributed by atoms with Crippen molar-refractivity contribution in [2.45, 2.75) is 49.1 Å². The van der Waals surface area contributed by atoms with E-state index in [1.807, 2.05) is 18.2 Å². The number of aliphatic hydroxyl groups is 1. The summed E-state index contributed by atoms with van der Waals surface area (Å²) >= 11 is 11.6. The summed E-state index contributed by atoms with van der Waals surface area (Å²) in [6, 6.07) is 5.73. The van der Waals surface area contributed by atoms with Gasteiger partial charge in [-0.05, 0) is 54.6 Å². The number of nitrogens with one attached hydrogen (secondary N) is 1. The van der Waals surface area contributed by atoms with Gasteiger partial charge >= 0.3 is 0 Å². The van der Waals surface area contributed by atoms with E-state index >= 15 is 0 Å². The van der Waals surface area contributed by atoms with Crippen molar-refractivity contribution >= 4 is 57.0 Å². The van der Waals surface area contributed by atoms with Crippen molar-refractivity contribution in [2.24, 2.45) is 0 Å². The molecule has 172 valence electrons. The first kappa shape index (κ1) is 21.7. The summed E-state index contributed by atoms with van der Waals surface area (Å²) in [7, 11) is 0. The highest BCUT2D eigenvalue weighted by Crippen LogP contribution is 2.40. The Morgan fingerprint density at radius 1 is 1.15 bits per heavy atom. The van der Waals surface area contributed by atoms with Crippen molar-refractivity contribution in [3.63, 3.8) is 0 Å². The first-order valence-corrected chi connectivity index (χ1v) is 13.2. The average Bonchev–Trinajstić information content (AvgIpc) is 3.16. The molecular formula is C23H23Cl2N5O2S. The van der Waals surface area contributed by atoms with Crippen molar-refractivity contribution in [3.05, 3.63) is 45.2 Å². The first-order valence-electron chi connectivity index (χ1n) is 11.2. The molecule has 0 spiro atoms. The Morgan fingerprint density at radius 3 is 2.76 bits per heavy atom. The fourth-order valence-electron chi connectivity index (χ4n) is 5.03. The van der Waals surface area contributed by atoms with E-state index in [0.29, 0.717) is 45.6 Å². The highest BCUT2D eigenvalue weighted by atomic mass is 35.5. The Morgan fingerprint density at radius 2 is 2.00 bits per heavy atom. The molecule has 1 aliphatic carbocycles. The Kier molecular flexibility index (Phi) is 5.34. The second-order valence-corrected chi connectivity index (χ2v) is 11.4. The van der Waals surface area contributed by atoms with Crippen molar-refractivity contribution in [1.82, 2.24) is 15.0 Å². The lowest BCUT2D eigenvalue weighted by Gasteiger charge is -2.41. The number of anilines is 2. The SMILES string of the molecule is [O-][S@+]1CCc2nc(N3CCc4c(c(Cl)nc5cc(Cl)ccc45)C3)nc(NC3(CO)CCC3)c21. The van der Waals surface area contributed by atoms with Crippen molar-refractivity contribution < 1.29 is 9.66 Å². The largest absolute Gasteiger partial charge is 0.611 e. The molecule has 3 aliphatic rings. The molecule has 2 aliphatic heterocycles. The predicted molar refractivity (Wildman–Crippen MR) is 131 cm³/mol. The number of nitrogens with zero attached hydrogens (tertiary/aromatic N) is 4. The van der Waals surface area contributed by atoms with Gasteiger partial charge in [0.1, 0.15) is 16.6 Å². The number of aryl methyl sites for hydroxylation is 1. The summed E-state index contributed by atoms with van der Waals surface area (Å²) in [5.41, 5.74) is 3.42. The summed E-state index contributed by atoms with van der Waals surface area (Å²) in [5, 5.41) is 15.6. The summed E-state index contributed by atoms with van der Waals surface area (Å²) in [4.78, 5) is 17.0. The summed E-state index contributed by atoms with van der Waals surface area (Å²) in [6.45, 7) is 1.31. The number of benzene rings is 1. The minimum absolute atomic E-state index is 0.0310. The maximum absolute atomic E-state index is 12.7. The molecular weight excluding hydrogens is 481 g/mol. The molecule has 1 aromatic carbocycles. The average molecular weight is 504 g/mol. The number of halogens is 2. The van der Waals surface area contributed by atoms with Crippen LogP contribution in [0.2, 0.25) is 10.2 Å². The second kappa shape index (κ2) is 8.13. The molecule has 2 N–H and O–H groups in total. The van der Waals surface area contributed by atoms with Crippen molar-refractivity contribution in [2.75, 3.05) is 29.1 Å². The molecule has 10 heteroatoms. The molecule has 6 rings (SSSR count). The van der Waals surface area contributed by atoms with Crippen LogP contribution in [0.4, 0.5) is 11.8 Å². The van der Waals surface area contributed by atoms with Gasteiger partial charge in [0.05, 0.1) is 17.7 Å². The topological polar surface area (TPSA) is 97.2 Å². The van der Waals surface area contributed by atoms with Gasteiger partial charge in [-0.3, -0.25) is 0 Å². The second-order valence-electron chi connectivity index (χ2n) is 9.06. The molecule has 1 fully saturated rings. The summed E-state index contributed by atoms with van der Waals surface area (Å²) in [5.74, 6) is 1.75. The number of rotatable bonds is 4. The van der Waals surface area contributed by atoms with E-state index in [1.54, 1.807) is 0 Å². The lowest BCUT2D eigenvalue weighted by atomic mass is 9.77. The van der Waals surface area contributed by atoms with E-state index in [-0.39, 0.29) is 12.1 Å². The standard InChI is InChI=1S/C23H23Cl2N5O2S/c24-13-2-3-15-14-4-8-30(11-16(14)20(25)26-18(15)10-13)22-27-17-5-9-33(32)19(17)21(28-22)29-23(12-31)6-1-7-23/h2-3,10,31H,1,4-9,11-12H2,(H,27,28,29)/t33-/m1/s1. The molecule has 0 radical (unpaired) electrons. The van der Waals surface area contributed by atoms with Gasteiger partial charge in [-0.15, -0.1) is 0 Å². The van der Waals surface area contributed by atoms with Crippen LogP contribution in [-0.2, 0) is 30.6 Å². The van der Waals surface area contributed by atoms with E-state index in [0.717, 1.165) is 54.4 Å². The van der Waals surface area contributed by atoms with E-state index < -0.39 is 11.2 Å². The zero-order valence-corrected chi connectivity index (χ0v) is 20.2. The lowest BCUT2D eigenvalue weighted by Crippen LogP contribution is -2.49. The van der Waals surface area contributed by atoms with Gasteiger partial charge in [0.2, 0.25) is 10.8 Å². The van der Waals surface area contributed by atoms with E-state index in [4.69, 9.17) is 33.2 Å². The van der Waals surface area contributed by atoms with Gasteiger partial charge < -0.3 is 19.9 Å². The van der Waals surface area contributed by atoms with Crippen LogP contribution in [0.15, 0.2) is 23.1 Å². The number of hydrogen-bond acceptors (Lipinski definition) is 7. The van der Waals surface area contributed by atoms with Crippen LogP contribution in [0, 0.1) is 0 Å². The van der Waals surface area contributed by atoms with Gasteiger partial charge in [-0.2, -0.15) is 4.98 Å². The van der Waals surface area contributed by atoms with Crippen LogP contribution >= 0.6 is 23.2 Å². The summed E-state index contributed by atoms with van der Waals surface area (Å²) < 4.78 is 12.7. The lowest BCUT2D eigenvalue weighted by molar-refractivity contribution is 0.143. The summed E-state index contributed by atoms with van der Waals surface area (Å²) in [6.07, 6.45) is 4.26. The number of pyridine rings is 1. The molecule has 1 atom stereocenters. The fourth-order valence-corrected chi connectivity index (χ4v) is 6.77. The molecule has 4 heterocycles. The number of hydrogen-bond donors (Lipinski definition) is 2. The Bertz CT molecular complexity index is 1260. The third kappa shape index (κ3) is 3.63.